The van der Waals surface area contributed by atoms with Gasteiger partial charge in [0.25, 0.3) is 0 Å². The van der Waals surface area contributed by atoms with Crippen LogP contribution in [0.15, 0.2) is 23.1 Å². The van der Waals surface area contributed by atoms with E-state index in [1.54, 1.807) is 16.4 Å². The molecular formula is C15H23NO3S. The molecule has 5 heteroatoms. The van der Waals surface area contributed by atoms with E-state index in [1.165, 1.54) is 7.11 Å². The summed E-state index contributed by atoms with van der Waals surface area (Å²) in [7, 11) is -1.94. The number of hydrogen-bond acceptors (Lipinski definition) is 3. The predicted molar refractivity (Wildman–Crippen MR) is 79.5 cm³/mol. The molecule has 0 amide bonds. The Kier molecular flexibility index (Phi) is 4.70. The molecule has 112 valence electrons. The van der Waals surface area contributed by atoms with Crippen LogP contribution < -0.4 is 4.74 Å². The third-order valence-electron chi connectivity index (χ3n) is 4.00. The Hall–Kier alpha value is -1.07. The van der Waals surface area contributed by atoms with E-state index in [9.17, 15) is 8.42 Å². The molecule has 4 nitrogen and oxygen atoms in total. The van der Waals surface area contributed by atoms with Crippen molar-refractivity contribution in [2.75, 3.05) is 20.2 Å². The average molecular weight is 297 g/mol. The second-order valence-electron chi connectivity index (χ2n) is 5.43. The van der Waals surface area contributed by atoms with E-state index in [-0.39, 0.29) is 0 Å². The molecule has 0 spiro atoms. The number of methoxy groups -OCH3 is 1. The van der Waals surface area contributed by atoms with Crippen molar-refractivity contribution in [3.63, 3.8) is 0 Å². The molecule has 1 aliphatic heterocycles. The fourth-order valence-corrected chi connectivity index (χ4v) is 4.18. The van der Waals surface area contributed by atoms with Crippen LogP contribution in [0.25, 0.3) is 0 Å². The van der Waals surface area contributed by atoms with Crippen LogP contribution in [0, 0.1) is 5.92 Å². The van der Waals surface area contributed by atoms with E-state index < -0.39 is 10.0 Å². The molecule has 1 fully saturated rings. The Morgan fingerprint density at radius 1 is 1.30 bits per heavy atom. The SMILES string of the molecule is CCc1ccc(OC)c(S(=O)(=O)N2CCC(C)CC2)c1. The molecule has 1 aromatic carbocycles. The molecule has 1 heterocycles. The van der Waals surface area contributed by atoms with E-state index in [2.05, 4.69) is 6.92 Å². The summed E-state index contributed by atoms with van der Waals surface area (Å²) < 4.78 is 32.4. The first kappa shape index (κ1) is 15.3. The summed E-state index contributed by atoms with van der Waals surface area (Å²) in [5.74, 6) is 1.03. The van der Waals surface area contributed by atoms with Crippen molar-refractivity contribution in [1.82, 2.24) is 4.31 Å². The summed E-state index contributed by atoms with van der Waals surface area (Å²) in [5, 5.41) is 0. The molecule has 0 bridgehead atoms. The average Bonchev–Trinajstić information content (AvgIpc) is 2.47. The minimum Gasteiger partial charge on any atom is -0.495 e. The largest absolute Gasteiger partial charge is 0.495 e. The Morgan fingerprint density at radius 3 is 2.50 bits per heavy atom. The lowest BCUT2D eigenvalue weighted by atomic mass is 10.0. The summed E-state index contributed by atoms with van der Waals surface area (Å²) in [4.78, 5) is 0.300. The molecule has 0 unspecified atom stereocenters. The molecule has 0 radical (unpaired) electrons. The second-order valence-corrected chi connectivity index (χ2v) is 7.33. The van der Waals surface area contributed by atoms with Crippen molar-refractivity contribution >= 4 is 10.0 Å². The lowest BCUT2D eigenvalue weighted by molar-refractivity contribution is 0.287. The maximum Gasteiger partial charge on any atom is 0.246 e. The number of nitrogens with zero attached hydrogens (tertiary/aromatic N) is 1. The Labute approximate surface area is 121 Å². The van der Waals surface area contributed by atoms with Gasteiger partial charge >= 0.3 is 0 Å². The van der Waals surface area contributed by atoms with Gasteiger partial charge in [0.1, 0.15) is 10.6 Å². The van der Waals surface area contributed by atoms with Gasteiger partial charge in [-0.15, -0.1) is 0 Å². The van der Waals surface area contributed by atoms with E-state index in [0.717, 1.165) is 24.8 Å². The highest BCUT2D eigenvalue weighted by atomic mass is 32.2. The molecule has 0 N–H and O–H groups in total. The first-order valence-electron chi connectivity index (χ1n) is 7.16. The van der Waals surface area contributed by atoms with Crippen molar-refractivity contribution in [1.29, 1.82) is 0 Å². The third kappa shape index (κ3) is 2.99. The van der Waals surface area contributed by atoms with Crippen LogP contribution in [0.4, 0.5) is 0 Å². The predicted octanol–water partition coefficient (Wildman–Crippen LogP) is 2.68. The van der Waals surface area contributed by atoms with Gasteiger partial charge in [0, 0.05) is 13.1 Å². The highest BCUT2D eigenvalue weighted by Gasteiger charge is 2.30. The summed E-state index contributed by atoms with van der Waals surface area (Å²) in [5.41, 5.74) is 1.01. The van der Waals surface area contributed by atoms with E-state index in [0.29, 0.717) is 29.7 Å². The molecule has 1 saturated heterocycles. The molecule has 0 aliphatic carbocycles. The van der Waals surface area contributed by atoms with E-state index in [1.807, 2.05) is 13.0 Å². The maximum atomic E-state index is 12.8. The van der Waals surface area contributed by atoms with Gasteiger partial charge in [0.15, 0.2) is 0 Å². The number of sulfonamides is 1. The van der Waals surface area contributed by atoms with Crippen LogP contribution in [0.3, 0.4) is 0 Å². The normalized spacial score (nSPS) is 18.1. The number of benzene rings is 1. The molecular weight excluding hydrogens is 274 g/mol. The highest BCUT2D eigenvalue weighted by molar-refractivity contribution is 7.89. The molecule has 1 aromatic rings. The zero-order chi connectivity index (χ0) is 14.8. The van der Waals surface area contributed by atoms with Crippen LogP contribution in [-0.2, 0) is 16.4 Å². The molecule has 0 aromatic heterocycles. The van der Waals surface area contributed by atoms with Crippen LogP contribution in [0.5, 0.6) is 5.75 Å². The standard InChI is InChI=1S/C15H23NO3S/c1-4-13-5-6-14(19-3)15(11-13)20(17,18)16-9-7-12(2)8-10-16/h5-6,11-12H,4,7-10H2,1-3H3. The lowest BCUT2D eigenvalue weighted by Crippen LogP contribution is -2.38. The van der Waals surface area contributed by atoms with Gasteiger partial charge in [-0.2, -0.15) is 4.31 Å². The fraction of sp³-hybridized carbons (Fsp3) is 0.600. The van der Waals surface area contributed by atoms with Crippen molar-refractivity contribution < 1.29 is 13.2 Å². The molecule has 20 heavy (non-hydrogen) atoms. The molecule has 0 atom stereocenters. The minimum atomic E-state index is -3.45. The van der Waals surface area contributed by atoms with Crippen molar-refractivity contribution in [3.05, 3.63) is 23.8 Å². The monoisotopic (exact) mass is 297 g/mol. The van der Waals surface area contributed by atoms with Gasteiger partial charge in [-0.1, -0.05) is 19.9 Å². The van der Waals surface area contributed by atoms with E-state index >= 15 is 0 Å². The lowest BCUT2D eigenvalue weighted by Gasteiger charge is -2.30. The van der Waals surface area contributed by atoms with Gasteiger partial charge in [-0.05, 0) is 42.9 Å². The smallest absolute Gasteiger partial charge is 0.246 e. The third-order valence-corrected chi connectivity index (χ3v) is 5.92. The minimum absolute atomic E-state index is 0.300. The Balaban J connectivity index is 2.37. The Bertz CT molecular complexity index is 560. The number of ether oxygens (including phenoxy) is 1. The van der Waals surface area contributed by atoms with E-state index in [4.69, 9.17) is 4.74 Å². The van der Waals surface area contributed by atoms with Gasteiger partial charge in [-0.25, -0.2) is 8.42 Å². The van der Waals surface area contributed by atoms with Crippen LogP contribution in [-0.4, -0.2) is 32.9 Å². The first-order chi connectivity index (χ1) is 9.48. The van der Waals surface area contributed by atoms with Crippen molar-refractivity contribution in [2.24, 2.45) is 5.92 Å². The number of rotatable bonds is 4. The summed E-state index contributed by atoms with van der Waals surface area (Å²) in [6.45, 7) is 5.38. The quantitative estimate of drug-likeness (QED) is 0.858. The molecule has 1 aliphatic rings. The van der Waals surface area contributed by atoms with Gasteiger partial charge in [-0.3, -0.25) is 0 Å². The number of piperidine rings is 1. The topological polar surface area (TPSA) is 46.6 Å². The van der Waals surface area contributed by atoms with Crippen LogP contribution in [0.2, 0.25) is 0 Å². The first-order valence-corrected chi connectivity index (χ1v) is 8.60. The maximum absolute atomic E-state index is 12.8. The number of aryl methyl sites for hydroxylation is 1. The summed E-state index contributed by atoms with van der Waals surface area (Å²) in [6.07, 6.45) is 2.66. The van der Waals surface area contributed by atoms with Crippen LogP contribution in [0.1, 0.15) is 32.3 Å². The van der Waals surface area contributed by atoms with Gasteiger partial charge in [0.2, 0.25) is 10.0 Å². The molecule has 0 saturated carbocycles. The second kappa shape index (κ2) is 6.14. The zero-order valence-electron chi connectivity index (χ0n) is 12.4. The fourth-order valence-electron chi connectivity index (χ4n) is 2.51. The Morgan fingerprint density at radius 2 is 1.95 bits per heavy atom. The van der Waals surface area contributed by atoms with Crippen molar-refractivity contribution in [3.8, 4) is 5.75 Å². The summed E-state index contributed by atoms with van der Waals surface area (Å²) >= 11 is 0. The zero-order valence-corrected chi connectivity index (χ0v) is 13.2. The molecule has 2 rings (SSSR count). The van der Waals surface area contributed by atoms with Crippen LogP contribution >= 0.6 is 0 Å². The van der Waals surface area contributed by atoms with Crippen molar-refractivity contribution in [2.45, 2.75) is 38.0 Å². The summed E-state index contributed by atoms with van der Waals surface area (Å²) in [6, 6.07) is 5.40. The highest BCUT2D eigenvalue weighted by Crippen LogP contribution is 2.30. The van der Waals surface area contributed by atoms with Gasteiger partial charge in [0.05, 0.1) is 7.11 Å². The number of hydrogen-bond donors (Lipinski definition) is 0. The van der Waals surface area contributed by atoms with Gasteiger partial charge < -0.3 is 4.74 Å².